The molecule has 0 fully saturated rings. The van der Waals surface area contributed by atoms with Crippen LogP contribution in [0.2, 0.25) is 0 Å². The van der Waals surface area contributed by atoms with Gasteiger partial charge in [-0.05, 0) is 75.5 Å². The first kappa shape index (κ1) is 28.5. The van der Waals surface area contributed by atoms with Crippen molar-refractivity contribution in [3.05, 3.63) is 163 Å². The Hall–Kier alpha value is -6.46. The molecule has 0 amide bonds. The van der Waals surface area contributed by atoms with Crippen LogP contribution < -0.4 is 0 Å². The number of rotatable bonds is 4. The third kappa shape index (κ3) is 4.33. The summed E-state index contributed by atoms with van der Waals surface area (Å²) in [7, 11) is 0. The van der Waals surface area contributed by atoms with E-state index in [1.165, 1.54) is 33.0 Å². The maximum Gasteiger partial charge on any atom is 0.164 e. The van der Waals surface area contributed by atoms with Crippen LogP contribution in [0.15, 0.2) is 152 Å². The lowest BCUT2D eigenvalue weighted by molar-refractivity contribution is 0.660. The van der Waals surface area contributed by atoms with Crippen molar-refractivity contribution in [1.82, 2.24) is 24.5 Å². The van der Waals surface area contributed by atoms with Crippen molar-refractivity contribution >= 4 is 32.7 Å². The standard InChI is InChI=1S/C45H31N5/c1-45(2)38-23-20-32(43-48-41(29-12-4-3-5-13-29)47-42(49-43)31-19-18-28-11-6-7-14-30(28)25-31)26-37(38)34-22-21-33(27-39(34)45)50-40-17-9-8-15-35(40)36-16-10-24-46-44(36)50/h3-27H,1-2H3. The van der Waals surface area contributed by atoms with Gasteiger partial charge in [0.2, 0.25) is 0 Å². The minimum atomic E-state index is -0.198. The Morgan fingerprint density at radius 3 is 2.00 bits per heavy atom. The third-order valence-electron chi connectivity index (χ3n) is 10.3. The lowest BCUT2D eigenvalue weighted by atomic mass is 9.82. The van der Waals surface area contributed by atoms with Crippen LogP contribution in [-0.2, 0) is 5.41 Å². The molecule has 10 rings (SSSR count). The molecular formula is C45H31N5. The summed E-state index contributed by atoms with van der Waals surface area (Å²) in [5.41, 5.74) is 10.9. The molecule has 6 aromatic carbocycles. The summed E-state index contributed by atoms with van der Waals surface area (Å²) >= 11 is 0. The second-order valence-electron chi connectivity index (χ2n) is 13.6. The first-order valence-electron chi connectivity index (χ1n) is 17.0. The molecule has 0 radical (unpaired) electrons. The van der Waals surface area contributed by atoms with E-state index in [4.69, 9.17) is 19.9 Å². The predicted molar refractivity (Wildman–Crippen MR) is 203 cm³/mol. The van der Waals surface area contributed by atoms with E-state index in [2.05, 4.69) is 140 Å². The molecular weight excluding hydrogens is 611 g/mol. The number of fused-ring (bicyclic) bond motifs is 7. The summed E-state index contributed by atoms with van der Waals surface area (Å²) in [6.07, 6.45) is 1.88. The SMILES string of the molecule is CC1(C)c2ccc(-c3nc(-c4ccccc4)nc(-c4ccc5ccccc5c4)n3)cc2-c2ccc(-n3c4ccccc4c4cccnc43)cc21. The van der Waals surface area contributed by atoms with E-state index in [0.29, 0.717) is 17.5 Å². The van der Waals surface area contributed by atoms with Crippen LogP contribution in [-0.4, -0.2) is 24.5 Å². The van der Waals surface area contributed by atoms with Crippen molar-refractivity contribution in [3.8, 4) is 51.0 Å². The molecule has 3 aromatic heterocycles. The Kier molecular flexibility index (Phi) is 6.15. The van der Waals surface area contributed by atoms with Crippen LogP contribution in [0.3, 0.4) is 0 Å². The second kappa shape index (κ2) is 10.8. The topological polar surface area (TPSA) is 56.5 Å². The molecule has 236 valence electrons. The van der Waals surface area contributed by atoms with Gasteiger partial charge in [-0.1, -0.05) is 117 Å². The molecule has 9 aromatic rings. The average Bonchev–Trinajstić information content (AvgIpc) is 3.62. The Morgan fingerprint density at radius 1 is 0.480 bits per heavy atom. The molecule has 3 heterocycles. The van der Waals surface area contributed by atoms with E-state index in [-0.39, 0.29) is 5.41 Å². The second-order valence-corrected chi connectivity index (χ2v) is 13.6. The van der Waals surface area contributed by atoms with Gasteiger partial charge in [-0.15, -0.1) is 0 Å². The lowest BCUT2D eigenvalue weighted by Gasteiger charge is -2.22. The first-order valence-corrected chi connectivity index (χ1v) is 17.0. The third-order valence-corrected chi connectivity index (χ3v) is 10.3. The summed E-state index contributed by atoms with van der Waals surface area (Å²) in [6.45, 7) is 4.64. The van der Waals surface area contributed by atoms with Crippen molar-refractivity contribution in [3.63, 3.8) is 0 Å². The molecule has 5 heteroatoms. The van der Waals surface area contributed by atoms with E-state index in [9.17, 15) is 0 Å². The van der Waals surface area contributed by atoms with Gasteiger partial charge in [-0.25, -0.2) is 19.9 Å². The van der Waals surface area contributed by atoms with Gasteiger partial charge in [0.25, 0.3) is 0 Å². The number of benzene rings is 6. The zero-order valence-corrected chi connectivity index (χ0v) is 27.7. The van der Waals surface area contributed by atoms with E-state index in [1.54, 1.807) is 0 Å². The summed E-state index contributed by atoms with van der Waals surface area (Å²) in [5.74, 6) is 1.97. The van der Waals surface area contributed by atoms with E-state index in [0.717, 1.165) is 44.3 Å². The fourth-order valence-corrected chi connectivity index (χ4v) is 7.76. The molecule has 0 unspecified atom stereocenters. The van der Waals surface area contributed by atoms with Crippen LogP contribution in [0.5, 0.6) is 0 Å². The largest absolute Gasteiger partial charge is 0.294 e. The molecule has 0 spiro atoms. The molecule has 0 aliphatic heterocycles. The molecule has 1 aliphatic carbocycles. The molecule has 0 bridgehead atoms. The Morgan fingerprint density at radius 2 is 1.16 bits per heavy atom. The van der Waals surface area contributed by atoms with Crippen molar-refractivity contribution < 1.29 is 0 Å². The minimum Gasteiger partial charge on any atom is -0.294 e. The number of hydrogen-bond acceptors (Lipinski definition) is 4. The number of pyridine rings is 1. The summed E-state index contributed by atoms with van der Waals surface area (Å²) in [6, 6.07) is 51.2. The summed E-state index contributed by atoms with van der Waals surface area (Å²) in [5, 5.41) is 4.71. The minimum absolute atomic E-state index is 0.198. The van der Waals surface area contributed by atoms with Gasteiger partial charge in [0.05, 0.1) is 5.52 Å². The van der Waals surface area contributed by atoms with Crippen molar-refractivity contribution in [2.45, 2.75) is 19.3 Å². The van der Waals surface area contributed by atoms with Gasteiger partial charge in [0.1, 0.15) is 5.65 Å². The number of para-hydroxylation sites is 1. The number of hydrogen-bond donors (Lipinski definition) is 0. The maximum absolute atomic E-state index is 5.10. The highest BCUT2D eigenvalue weighted by Gasteiger charge is 2.36. The molecule has 1 aliphatic rings. The number of aromatic nitrogens is 5. The van der Waals surface area contributed by atoms with Crippen LogP contribution in [0.1, 0.15) is 25.0 Å². The average molecular weight is 642 g/mol. The summed E-state index contributed by atoms with van der Waals surface area (Å²) < 4.78 is 2.29. The highest BCUT2D eigenvalue weighted by molar-refractivity contribution is 6.07. The fourth-order valence-electron chi connectivity index (χ4n) is 7.76. The monoisotopic (exact) mass is 641 g/mol. The zero-order chi connectivity index (χ0) is 33.4. The molecule has 0 atom stereocenters. The van der Waals surface area contributed by atoms with Gasteiger partial charge in [0, 0.05) is 44.8 Å². The molecule has 0 saturated carbocycles. The smallest absolute Gasteiger partial charge is 0.164 e. The van der Waals surface area contributed by atoms with E-state index in [1.807, 2.05) is 30.5 Å². The zero-order valence-electron chi connectivity index (χ0n) is 27.7. The molecule has 50 heavy (non-hydrogen) atoms. The molecule has 5 nitrogen and oxygen atoms in total. The predicted octanol–water partition coefficient (Wildman–Crippen LogP) is 10.8. The van der Waals surface area contributed by atoms with Crippen molar-refractivity contribution in [2.24, 2.45) is 0 Å². The van der Waals surface area contributed by atoms with Gasteiger partial charge in [0.15, 0.2) is 17.5 Å². The van der Waals surface area contributed by atoms with E-state index < -0.39 is 0 Å². The Bertz CT molecular complexity index is 2740. The van der Waals surface area contributed by atoms with Crippen molar-refractivity contribution in [2.75, 3.05) is 0 Å². The number of nitrogens with zero attached hydrogens (tertiary/aromatic N) is 5. The van der Waals surface area contributed by atoms with Crippen LogP contribution in [0.4, 0.5) is 0 Å². The quantitative estimate of drug-likeness (QED) is 0.192. The van der Waals surface area contributed by atoms with E-state index >= 15 is 0 Å². The highest BCUT2D eigenvalue weighted by atomic mass is 15.0. The highest BCUT2D eigenvalue weighted by Crippen LogP contribution is 2.50. The van der Waals surface area contributed by atoms with Gasteiger partial charge < -0.3 is 0 Å². The van der Waals surface area contributed by atoms with Crippen LogP contribution in [0, 0.1) is 0 Å². The van der Waals surface area contributed by atoms with Crippen LogP contribution >= 0.6 is 0 Å². The van der Waals surface area contributed by atoms with Crippen molar-refractivity contribution in [1.29, 1.82) is 0 Å². The van der Waals surface area contributed by atoms with Gasteiger partial charge in [-0.3, -0.25) is 4.57 Å². The fraction of sp³-hybridized carbons (Fsp3) is 0.0667. The Labute approximate surface area is 289 Å². The maximum atomic E-state index is 5.10. The first-order chi connectivity index (χ1) is 24.5. The molecule has 0 saturated heterocycles. The summed E-state index contributed by atoms with van der Waals surface area (Å²) in [4.78, 5) is 20.0. The lowest BCUT2D eigenvalue weighted by Crippen LogP contribution is -2.15. The molecule has 0 N–H and O–H groups in total. The van der Waals surface area contributed by atoms with Crippen LogP contribution in [0.25, 0.3) is 83.7 Å². The van der Waals surface area contributed by atoms with Gasteiger partial charge >= 0.3 is 0 Å². The normalized spacial score (nSPS) is 13.2. The Balaban J connectivity index is 1.12. The van der Waals surface area contributed by atoms with Gasteiger partial charge in [-0.2, -0.15) is 0 Å².